The summed E-state index contributed by atoms with van der Waals surface area (Å²) in [4.78, 5) is 12.1. The Morgan fingerprint density at radius 1 is 1.14 bits per heavy atom. The van der Waals surface area contributed by atoms with Crippen molar-refractivity contribution in [1.82, 2.24) is 5.32 Å². The molecule has 1 saturated carbocycles. The van der Waals surface area contributed by atoms with Crippen LogP contribution >= 0.6 is 0 Å². The van der Waals surface area contributed by atoms with Crippen LogP contribution in [0, 0.1) is 0 Å². The molecule has 2 aliphatic carbocycles. The Hall–Kier alpha value is -1.55. The Labute approximate surface area is 131 Å². The number of phenols is 1. The number of hydrogen-bond donors (Lipinski definition) is 3. The topological polar surface area (TPSA) is 69.6 Å². The van der Waals surface area contributed by atoms with Crippen molar-refractivity contribution in [3.05, 3.63) is 28.8 Å². The van der Waals surface area contributed by atoms with E-state index in [4.69, 9.17) is 0 Å². The van der Waals surface area contributed by atoms with Gasteiger partial charge in [-0.2, -0.15) is 0 Å². The van der Waals surface area contributed by atoms with Crippen LogP contribution in [0.3, 0.4) is 0 Å². The quantitative estimate of drug-likeness (QED) is 0.800. The van der Waals surface area contributed by atoms with Gasteiger partial charge in [0.05, 0.1) is 12.0 Å². The van der Waals surface area contributed by atoms with Crippen LogP contribution in [0.2, 0.25) is 0 Å². The molecule has 1 amide bonds. The minimum absolute atomic E-state index is 0.128. The Bertz CT molecular complexity index is 562. The first kappa shape index (κ1) is 15.3. The van der Waals surface area contributed by atoms with E-state index in [-0.39, 0.29) is 18.1 Å². The summed E-state index contributed by atoms with van der Waals surface area (Å²) in [7, 11) is 0. The van der Waals surface area contributed by atoms with Gasteiger partial charge < -0.3 is 15.5 Å². The number of aliphatic hydroxyl groups is 1. The van der Waals surface area contributed by atoms with Gasteiger partial charge in [0.2, 0.25) is 5.91 Å². The molecule has 0 atom stereocenters. The number of hydrogen-bond acceptors (Lipinski definition) is 3. The molecule has 0 radical (unpaired) electrons. The summed E-state index contributed by atoms with van der Waals surface area (Å²) >= 11 is 0. The highest BCUT2D eigenvalue weighted by molar-refractivity contribution is 5.77. The molecule has 0 aliphatic heterocycles. The van der Waals surface area contributed by atoms with Crippen LogP contribution in [0.1, 0.15) is 61.6 Å². The molecule has 120 valence electrons. The third-order valence-corrected chi connectivity index (χ3v) is 5.11. The number of phenolic OH excluding ortho intramolecular Hbond substituents is 1. The second-order valence-corrected chi connectivity index (χ2v) is 6.79. The highest BCUT2D eigenvalue weighted by Crippen LogP contribution is 2.33. The van der Waals surface area contributed by atoms with Crippen LogP contribution in [-0.2, 0) is 24.2 Å². The van der Waals surface area contributed by atoms with Gasteiger partial charge in [-0.1, -0.05) is 18.9 Å². The zero-order valence-electron chi connectivity index (χ0n) is 13.0. The number of aromatic hydroxyl groups is 1. The molecular weight excluding hydrogens is 278 g/mol. The predicted octanol–water partition coefficient (Wildman–Crippen LogP) is 2.58. The molecule has 1 aromatic carbocycles. The van der Waals surface area contributed by atoms with E-state index in [9.17, 15) is 15.0 Å². The number of rotatable bonds is 4. The SMILES string of the molecule is O=C(CC1(O)CCCC1)NCc1c(O)ccc2c1CCCC2. The van der Waals surface area contributed by atoms with Crippen LogP contribution < -0.4 is 5.32 Å². The van der Waals surface area contributed by atoms with E-state index in [0.717, 1.165) is 37.7 Å². The number of fused-ring (bicyclic) bond motifs is 1. The van der Waals surface area contributed by atoms with Gasteiger partial charge in [0.25, 0.3) is 0 Å². The highest BCUT2D eigenvalue weighted by Gasteiger charge is 2.33. The lowest BCUT2D eigenvalue weighted by molar-refractivity contribution is -0.126. The first-order valence-corrected chi connectivity index (χ1v) is 8.39. The van der Waals surface area contributed by atoms with Crippen LogP contribution in [0.15, 0.2) is 12.1 Å². The van der Waals surface area contributed by atoms with Crippen molar-refractivity contribution >= 4 is 5.91 Å². The van der Waals surface area contributed by atoms with Crippen molar-refractivity contribution in [2.45, 2.75) is 69.9 Å². The Morgan fingerprint density at radius 2 is 1.86 bits per heavy atom. The van der Waals surface area contributed by atoms with E-state index >= 15 is 0 Å². The molecule has 3 N–H and O–H groups in total. The zero-order valence-corrected chi connectivity index (χ0v) is 13.0. The van der Waals surface area contributed by atoms with E-state index in [2.05, 4.69) is 5.32 Å². The van der Waals surface area contributed by atoms with E-state index in [0.29, 0.717) is 19.4 Å². The van der Waals surface area contributed by atoms with Crippen molar-refractivity contribution < 1.29 is 15.0 Å². The van der Waals surface area contributed by atoms with E-state index in [1.807, 2.05) is 6.07 Å². The molecule has 1 fully saturated rings. The molecule has 0 heterocycles. The van der Waals surface area contributed by atoms with Crippen molar-refractivity contribution in [2.24, 2.45) is 0 Å². The number of nitrogens with one attached hydrogen (secondary N) is 1. The molecule has 0 aromatic heterocycles. The molecule has 0 spiro atoms. The van der Waals surface area contributed by atoms with E-state index in [1.165, 1.54) is 17.5 Å². The third kappa shape index (κ3) is 3.27. The second kappa shape index (κ2) is 6.29. The number of carbonyl (C=O) groups excluding carboxylic acids is 1. The normalized spacial score (nSPS) is 19.7. The summed E-state index contributed by atoms with van der Waals surface area (Å²) in [6.07, 6.45) is 7.94. The molecule has 0 saturated heterocycles. The van der Waals surface area contributed by atoms with Gasteiger partial charge in [0.15, 0.2) is 0 Å². The average molecular weight is 303 g/mol. The smallest absolute Gasteiger partial charge is 0.223 e. The van der Waals surface area contributed by atoms with Gasteiger partial charge in [-0.25, -0.2) is 0 Å². The van der Waals surface area contributed by atoms with Gasteiger partial charge in [0.1, 0.15) is 5.75 Å². The maximum absolute atomic E-state index is 12.1. The van der Waals surface area contributed by atoms with Crippen LogP contribution in [0.5, 0.6) is 5.75 Å². The average Bonchev–Trinajstić information content (AvgIpc) is 2.92. The summed E-state index contributed by atoms with van der Waals surface area (Å²) < 4.78 is 0. The second-order valence-electron chi connectivity index (χ2n) is 6.79. The highest BCUT2D eigenvalue weighted by atomic mass is 16.3. The molecular formula is C18H25NO3. The van der Waals surface area contributed by atoms with Crippen molar-refractivity contribution in [1.29, 1.82) is 0 Å². The summed E-state index contributed by atoms with van der Waals surface area (Å²) in [5.74, 6) is 0.137. The number of carbonyl (C=O) groups is 1. The molecule has 0 unspecified atom stereocenters. The zero-order chi connectivity index (χ0) is 15.6. The van der Waals surface area contributed by atoms with E-state index < -0.39 is 5.60 Å². The monoisotopic (exact) mass is 303 g/mol. The van der Waals surface area contributed by atoms with Crippen LogP contribution in [0.25, 0.3) is 0 Å². The fourth-order valence-corrected chi connectivity index (χ4v) is 3.85. The maximum atomic E-state index is 12.1. The van der Waals surface area contributed by atoms with E-state index in [1.54, 1.807) is 6.07 Å². The molecule has 4 heteroatoms. The Balaban J connectivity index is 1.65. The first-order valence-electron chi connectivity index (χ1n) is 8.39. The van der Waals surface area contributed by atoms with Crippen molar-refractivity contribution in [2.75, 3.05) is 0 Å². The number of aryl methyl sites for hydroxylation is 1. The summed E-state index contributed by atoms with van der Waals surface area (Å²) in [6, 6.07) is 3.73. The molecule has 1 aromatic rings. The fraction of sp³-hybridized carbons (Fsp3) is 0.611. The molecule has 3 rings (SSSR count). The maximum Gasteiger partial charge on any atom is 0.223 e. The Morgan fingerprint density at radius 3 is 2.64 bits per heavy atom. The lowest BCUT2D eigenvalue weighted by atomic mass is 9.87. The van der Waals surface area contributed by atoms with Crippen LogP contribution in [0.4, 0.5) is 0 Å². The predicted molar refractivity (Wildman–Crippen MR) is 84.6 cm³/mol. The lowest BCUT2D eigenvalue weighted by Gasteiger charge is -2.23. The first-order chi connectivity index (χ1) is 10.6. The van der Waals surface area contributed by atoms with Gasteiger partial charge in [0, 0.05) is 12.1 Å². The van der Waals surface area contributed by atoms with Crippen LogP contribution in [-0.4, -0.2) is 21.7 Å². The number of amides is 1. The third-order valence-electron chi connectivity index (χ3n) is 5.11. The minimum Gasteiger partial charge on any atom is -0.508 e. The van der Waals surface area contributed by atoms with Gasteiger partial charge in [-0.15, -0.1) is 0 Å². The largest absolute Gasteiger partial charge is 0.508 e. The van der Waals surface area contributed by atoms with Gasteiger partial charge in [-0.3, -0.25) is 4.79 Å². The molecule has 0 bridgehead atoms. The molecule has 4 nitrogen and oxygen atoms in total. The lowest BCUT2D eigenvalue weighted by Crippen LogP contribution is -2.34. The standard InChI is InChI=1S/C18H25NO3/c20-16-8-7-13-5-1-2-6-14(13)15(16)12-19-17(21)11-18(22)9-3-4-10-18/h7-8,20,22H,1-6,9-12H2,(H,19,21). The van der Waals surface area contributed by atoms with Gasteiger partial charge >= 0.3 is 0 Å². The van der Waals surface area contributed by atoms with Gasteiger partial charge in [-0.05, 0) is 55.7 Å². The summed E-state index contributed by atoms with van der Waals surface area (Å²) in [5, 5.41) is 23.3. The number of benzene rings is 1. The minimum atomic E-state index is -0.817. The fourth-order valence-electron chi connectivity index (χ4n) is 3.85. The Kier molecular flexibility index (Phi) is 4.39. The summed E-state index contributed by atoms with van der Waals surface area (Å²) in [5.41, 5.74) is 2.53. The van der Waals surface area contributed by atoms with Crippen molar-refractivity contribution in [3.8, 4) is 5.75 Å². The molecule has 2 aliphatic rings. The molecule has 22 heavy (non-hydrogen) atoms. The summed E-state index contributed by atoms with van der Waals surface area (Å²) in [6.45, 7) is 0.351. The van der Waals surface area contributed by atoms with Crippen molar-refractivity contribution in [3.63, 3.8) is 0 Å².